The first-order valence-corrected chi connectivity index (χ1v) is 16.3. The van der Waals surface area contributed by atoms with Crippen molar-refractivity contribution >= 4 is 20.2 Å². The van der Waals surface area contributed by atoms with Crippen LogP contribution in [0.1, 0.15) is 51.7 Å². The Labute approximate surface area is 227 Å². The maximum absolute atomic E-state index is 13.4. The topological polar surface area (TPSA) is 74.3 Å². The normalized spacial score (nSPS) is 18.7. The van der Waals surface area contributed by atoms with Gasteiger partial charge < -0.3 is 18.6 Å². The largest absolute Gasteiger partial charge is 0.448 e. The summed E-state index contributed by atoms with van der Waals surface area (Å²) in [6.45, 7) is 14.9. The van der Waals surface area contributed by atoms with Crippen LogP contribution >= 0.6 is 0 Å². The van der Waals surface area contributed by atoms with E-state index in [4.69, 9.17) is 18.6 Å². The fraction of sp³-hybridized carbons (Fsp3) is 0.533. The first-order valence-electron chi connectivity index (χ1n) is 13.3. The zero-order valence-electron chi connectivity index (χ0n) is 23.7. The van der Waals surface area contributed by atoms with Crippen LogP contribution in [-0.4, -0.2) is 69.9 Å². The molecule has 1 saturated heterocycles. The van der Waals surface area contributed by atoms with Gasteiger partial charge in [0, 0.05) is 5.92 Å². The fourth-order valence-corrected chi connectivity index (χ4v) is 5.68. The predicted octanol–water partition coefficient (Wildman–Crippen LogP) is 5.98. The predicted molar refractivity (Wildman–Crippen MR) is 150 cm³/mol. The van der Waals surface area contributed by atoms with Gasteiger partial charge in [-0.3, -0.25) is 9.69 Å². The number of Topliss-reactive ketones (excluding diaryl/α,β-unsaturated/α-hetero) is 1. The Hall–Kier alpha value is -2.52. The van der Waals surface area contributed by atoms with E-state index in [-0.39, 0.29) is 49.1 Å². The lowest BCUT2D eigenvalue weighted by Gasteiger charge is -2.36. The molecule has 2 aromatic carbocycles. The molecule has 2 aliphatic rings. The zero-order valence-corrected chi connectivity index (χ0v) is 24.7. The summed E-state index contributed by atoms with van der Waals surface area (Å²) in [5, 5.41) is -0.0135. The molecule has 1 aliphatic heterocycles. The maximum atomic E-state index is 13.4. The Morgan fingerprint density at radius 3 is 2.13 bits per heavy atom. The minimum Gasteiger partial charge on any atom is -0.448 e. The molecule has 4 rings (SSSR count). The van der Waals surface area contributed by atoms with Crippen LogP contribution in [0.3, 0.4) is 0 Å². The molecule has 0 spiro atoms. The Morgan fingerprint density at radius 1 is 1.03 bits per heavy atom. The smallest absolute Gasteiger partial charge is 0.410 e. The highest BCUT2D eigenvalue weighted by atomic mass is 28.4. The summed E-state index contributed by atoms with van der Waals surface area (Å²) >= 11 is 0. The highest BCUT2D eigenvalue weighted by molar-refractivity contribution is 6.74. The molecule has 0 unspecified atom stereocenters. The van der Waals surface area contributed by atoms with Gasteiger partial charge in [0.05, 0.1) is 26.3 Å². The van der Waals surface area contributed by atoms with Crippen LogP contribution in [0, 0.1) is 0 Å². The molecule has 8 heteroatoms. The van der Waals surface area contributed by atoms with Gasteiger partial charge in [-0.25, -0.2) is 4.79 Å². The Morgan fingerprint density at radius 2 is 1.61 bits per heavy atom. The molecule has 1 fully saturated rings. The molecule has 38 heavy (non-hydrogen) atoms. The number of ketones is 1. The monoisotopic (exact) mass is 539 g/mol. The van der Waals surface area contributed by atoms with Gasteiger partial charge >= 0.3 is 6.09 Å². The number of amides is 1. The molecule has 2 aromatic rings. The molecule has 1 atom stereocenters. The van der Waals surface area contributed by atoms with E-state index < -0.39 is 20.2 Å². The van der Waals surface area contributed by atoms with Gasteiger partial charge in [-0.2, -0.15) is 0 Å². The number of carbonyl (C=O) groups excluding carboxylic acids is 2. The summed E-state index contributed by atoms with van der Waals surface area (Å²) in [4.78, 5) is 27.8. The zero-order chi connectivity index (χ0) is 27.7. The second-order valence-electron chi connectivity index (χ2n) is 12.2. The third-order valence-electron chi connectivity index (χ3n) is 7.85. The van der Waals surface area contributed by atoms with Crippen LogP contribution in [0.2, 0.25) is 18.1 Å². The highest BCUT2D eigenvalue weighted by Crippen LogP contribution is 2.44. The lowest BCUT2D eigenvalue weighted by atomic mass is 9.98. The number of carbonyl (C=O) groups is 2. The average Bonchev–Trinajstić information content (AvgIpc) is 3.36. The second-order valence-corrected chi connectivity index (χ2v) is 17.0. The third-order valence-corrected chi connectivity index (χ3v) is 12.3. The van der Waals surface area contributed by atoms with E-state index in [9.17, 15) is 9.59 Å². The van der Waals surface area contributed by atoms with Crippen molar-refractivity contribution in [1.29, 1.82) is 0 Å². The number of nitrogens with zero attached hydrogens (tertiary/aromatic N) is 1. The van der Waals surface area contributed by atoms with E-state index in [2.05, 4.69) is 58.1 Å². The molecule has 1 aliphatic carbocycles. The van der Waals surface area contributed by atoms with Gasteiger partial charge in [-0.1, -0.05) is 69.3 Å². The van der Waals surface area contributed by atoms with E-state index in [0.717, 1.165) is 22.3 Å². The Kier molecular flexibility index (Phi) is 8.19. The van der Waals surface area contributed by atoms with Gasteiger partial charge in [0.25, 0.3) is 0 Å². The SMILES string of the molecule is CC1(C)OC[C@H](CN(CC(=O)CO[Si](C)(C)C(C)(C)C)C(=O)OCC2c3ccccc3-c3ccccc32)O1. The minimum atomic E-state index is -2.10. The van der Waals surface area contributed by atoms with E-state index >= 15 is 0 Å². The molecule has 0 bridgehead atoms. The van der Waals surface area contributed by atoms with Gasteiger partial charge in [0.1, 0.15) is 12.7 Å². The molecule has 206 valence electrons. The fourth-order valence-electron chi connectivity index (χ4n) is 4.72. The Bertz CT molecular complexity index is 1130. The molecule has 0 radical (unpaired) electrons. The number of ether oxygens (including phenoxy) is 3. The summed E-state index contributed by atoms with van der Waals surface area (Å²) in [6.07, 6.45) is -0.888. The molecule has 0 N–H and O–H groups in total. The maximum Gasteiger partial charge on any atom is 0.410 e. The minimum absolute atomic E-state index is 0.0135. The van der Waals surface area contributed by atoms with Gasteiger partial charge in [-0.15, -0.1) is 0 Å². The molecule has 1 heterocycles. The molecule has 7 nitrogen and oxygen atoms in total. The second kappa shape index (κ2) is 10.9. The van der Waals surface area contributed by atoms with Crippen LogP contribution in [0.5, 0.6) is 0 Å². The third kappa shape index (κ3) is 6.37. The van der Waals surface area contributed by atoms with Crippen molar-refractivity contribution in [1.82, 2.24) is 4.90 Å². The molecule has 0 saturated carbocycles. The summed E-state index contributed by atoms with van der Waals surface area (Å²) in [5.41, 5.74) is 4.61. The quantitative estimate of drug-likeness (QED) is 0.365. The number of fused-ring (bicyclic) bond motifs is 3. The van der Waals surface area contributed by atoms with Crippen LogP contribution in [0.25, 0.3) is 11.1 Å². The standard InChI is InChI=1S/C30H41NO6Si/c1-29(2,3)38(6,7)36-18-21(32)16-31(17-22-19-35-30(4,5)37-22)28(33)34-20-27-25-14-10-8-12-23(25)24-13-9-11-15-26(24)27/h8-15,22,27H,16-20H2,1-7H3/t22-/m0/s1. The number of benzene rings is 2. The summed E-state index contributed by atoms with van der Waals surface area (Å²) in [5.74, 6) is -0.954. The van der Waals surface area contributed by atoms with E-state index in [1.165, 1.54) is 4.90 Å². The molecular weight excluding hydrogens is 498 g/mol. The van der Waals surface area contributed by atoms with Gasteiger partial charge in [0.15, 0.2) is 19.9 Å². The van der Waals surface area contributed by atoms with Crippen molar-refractivity contribution in [3.63, 3.8) is 0 Å². The summed E-state index contributed by atoms with van der Waals surface area (Å²) in [6, 6.07) is 16.4. The first-order chi connectivity index (χ1) is 17.8. The highest BCUT2D eigenvalue weighted by Gasteiger charge is 2.39. The average molecular weight is 540 g/mol. The van der Waals surface area contributed by atoms with Crippen LogP contribution in [0.4, 0.5) is 4.79 Å². The van der Waals surface area contributed by atoms with Crippen molar-refractivity contribution in [2.45, 2.75) is 70.6 Å². The summed E-state index contributed by atoms with van der Waals surface area (Å²) < 4.78 is 23.6. The molecule has 1 amide bonds. The van der Waals surface area contributed by atoms with E-state index in [0.29, 0.717) is 6.61 Å². The van der Waals surface area contributed by atoms with Crippen LogP contribution in [0.15, 0.2) is 48.5 Å². The van der Waals surface area contributed by atoms with Crippen molar-refractivity contribution in [2.75, 3.05) is 32.9 Å². The van der Waals surface area contributed by atoms with Gasteiger partial charge in [0.2, 0.25) is 0 Å². The van der Waals surface area contributed by atoms with E-state index in [1.54, 1.807) is 0 Å². The van der Waals surface area contributed by atoms with Crippen molar-refractivity contribution in [3.05, 3.63) is 59.7 Å². The van der Waals surface area contributed by atoms with Crippen LogP contribution < -0.4 is 0 Å². The lowest BCUT2D eigenvalue weighted by Crippen LogP contribution is -2.46. The van der Waals surface area contributed by atoms with Crippen molar-refractivity contribution in [2.24, 2.45) is 0 Å². The summed E-state index contributed by atoms with van der Waals surface area (Å²) in [7, 11) is -2.10. The van der Waals surface area contributed by atoms with Gasteiger partial charge in [-0.05, 0) is 54.2 Å². The van der Waals surface area contributed by atoms with Crippen LogP contribution in [-0.2, 0) is 23.4 Å². The molecule has 0 aromatic heterocycles. The first kappa shape index (κ1) is 28.5. The number of hydrogen-bond donors (Lipinski definition) is 0. The lowest BCUT2D eigenvalue weighted by molar-refractivity contribution is -0.140. The molecular formula is C30H41NO6Si. The Balaban J connectivity index is 1.45. The number of rotatable bonds is 9. The van der Waals surface area contributed by atoms with Crippen molar-refractivity contribution in [3.8, 4) is 11.1 Å². The number of hydrogen-bond acceptors (Lipinski definition) is 6. The van der Waals surface area contributed by atoms with E-state index in [1.807, 2.05) is 38.1 Å². The van der Waals surface area contributed by atoms with Crippen molar-refractivity contribution < 1.29 is 28.2 Å².